The maximum absolute atomic E-state index is 12.6. The van der Waals surface area contributed by atoms with Crippen LogP contribution >= 0.6 is 11.3 Å². The number of anilines is 2. The number of aromatic nitrogens is 1. The fourth-order valence-electron chi connectivity index (χ4n) is 3.10. The van der Waals surface area contributed by atoms with Crippen molar-refractivity contribution < 1.29 is 9.59 Å². The van der Waals surface area contributed by atoms with Gasteiger partial charge in [-0.2, -0.15) is 0 Å². The molecule has 26 heavy (non-hydrogen) atoms. The van der Waals surface area contributed by atoms with Gasteiger partial charge < -0.3 is 15.5 Å². The third-order valence-electron chi connectivity index (χ3n) is 4.33. The lowest BCUT2D eigenvalue weighted by Gasteiger charge is -2.12. The number of likely N-dealkylation sites (tertiary alicyclic amines) is 1. The number of benzene rings is 1. The van der Waals surface area contributed by atoms with Gasteiger partial charge in [0.15, 0.2) is 0 Å². The van der Waals surface area contributed by atoms with Crippen molar-refractivity contribution in [2.75, 3.05) is 30.3 Å². The van der Waals surface area contributed by atoms with Crippen molar-refractivity contribution in [2.24, 2.45) is 0 Å². The molecule has 1 fully saturated rings. The van der Waals surface area contributed by atoms with E-state index in [0.29, 0.717) is 16.3 Å². The Morgan fingerprint density at radius 1 is 1.19 bits per heavy atom. The molecule has 3 rings (SSSR count). The number of nitrogens with one attached hydrogen (secondary N) is 2. The molecule has 0 aliphatic carbocycles. The van der Waals surface area contributed by atoms with E-state index in [-0.39, 0.29) is 11.8 Å². The number of hydrogen-bond acceptors (Lipinski definition) is 5. The van der Waals surface area contributed by atoms with Crippen molar-refractivity contribution in [3.63, 3.8) is 0 Å². The minimum atomic E-state index is -0.160. The first-order valence-corrected chi connectivity index (χ1v) is 9.70. The molecule has 2 N–H and O–H groups in total. The number of carbonyl (C=O) groups excluding carboxylic acids is 2. The van der Waals surface area contributed by atoms with Crippen LogP contribution in [0.15, 0.2) is 24.3 Å². The number of rotatable bonds is 6. The van der Waals surface area contributed by atoms with E-state index in [1.54, 1.807) is 24.3 Å². The Kier molecular flexibility index (Phi) is 6.00. The number of carbonyl (C=O) groups is 2. The highest BCUT2D eigenvalue weighted by molar-refractivity contribution is 7.13. The average molecular weight is 372 g/mol. The maximum Gasteiger partial charge on any atom is 0.267 e. The van der Waals surface area contributed by atoms with Gasteiger partial charge in [0.2, 0.25) is 5.91 Å². The summed E-state index contributed by atoms with van der Waals surface area (Å²) >= 11 is 1.47. The van der Waals surface area contributed by atoms with E-state index >= 15 is 0 Å². The molecule has 1 aromatic carbocycles. The zero-order valence-electron chi connectivity index (χ0n) is 15.2. The van der Waals surface area contributed by atoms with E-state index in [9.17, 15) is 9.59 Å². The fraction of sp³-hybridized carbons (Fsp3) is 0.421. The summed E-state index contributed by atoms with van der Waals surface area (Å²) in [4.78, 5) is 31.4. The highest BCUT2D eigenvalue weighted by Crippen LogP contribution is 2.22. The summed E-state index contributed by atoms with van der Waals surface area (Å²) < 4.78 is 0. The smallest absolute Gasteiger partial charge is 0.267 e. The Hall–Kier alpha value is -2.25. The van der Waals surface area contributed by atoms with Gasteiger partial charge in [0.25, 0.3) is 5.91 Å². The molecule has 0 spiro atoms. The van der Waals surface area contributed by atoms with Crippen LogP contribution in [0, 0.1) is 6.92 Å². The first kappa shape index (κ1) is 18.5. The number of thiazole rings is 1. The molecule has 2 amide bonds. The van der Waals surface area contributed by atoms with E-state index in [1.165, 1.54) is 44.2 Å². The van der Waals surface area contributed by atoms with Crippen LogP contribution in [0.3, 0.4) is 0 Å². The molecule has 7 heteroatoms. The largest absolute Gasteiger partial charge is 0.326 e. The van der Waals surface area contributed by atoms with Crippen LogP contribution < -0.4 is 10.6 Å². The average Bonchev–Trinajstić information content (AvgIpc) is 3.22. The van der Waals surface area contributed by atoms with Gasteiger partial charge in [-0.3, -0.25) is 9.59 Å². The standard InChI is InChI=1S/C19H24N4O2S/c1-13-18(26-17(20-13)8-11-23-9-3-4-10-23)19(25)22-16-7-5-6-15(12-16)21-14(2)24/h5-7,12H,3-4,8-11H2,1-2H3,(H,21,24)(H,22,25). The normalized spacial score (nSPS) is 14.4. The van der Waals surface area contributed by atoms with Crippen LogP contribution in [0.5, 0.6) is 0 Å². The molecule has 138 valence electrons. The summed E-state index contributed by atoms with van der Waals surface area (Å²) in [7, 11) is 0. The van der Waals surface area contributed by atoms with Crippen LogP contribution in [0.1, 0.15) is 40.1 Å². The zero-order chi connectivity index (χ0) is 18.5. The van der Waals surface area contributed by atoms with Crippen molar-refractivity contribution in [3.05, 3.63) is 39.8 Å². The molecule has 1 saturated heterocycles. The van der Waals surface area contributed by atoms with Gasteiger partial charge in [-0.25, -0.2) is 4.98 Å². The second-order valence-electron chi connectivity index (χ2n) is 6.54. The molecule has 0 radical (unpaired) electrons. The topological polar surface area (TPSA) is 74.3 Å². The molecule has 0 saturated carbocycles. The minimum absolute atomic E-state index is 0.144. The zero-order valence-corrected chi connectivity index (χ0v) is 16.0. The fourth-order valence-corrected chi connectivity index (χ4v) is 4.04. The number of amides is 2. The van der Waals surface area contributed by atoms with Crippen molar-refractivity contribution >= 4 is 34.5 Å². The minimum Gasteiger partial charge on any atom is -0.326 e. The Morgan fingerprint density at radius 2 is 1.88 bits per heavy atom. The second-order valence-corrected chi connectivity index (χ2v) is 7.62. The Balaban J connectivity index is 1.63. The predicted molar refractivity (Wildman–Crippen MR) is 105 cm³/mol. The van der Waals surface area contributed by atoms with Crippen LogP contribution in [0.4, 0.5) is 11.4 Å². The van der Waals surface area contributed by atoms with Crippen molar-refractivity contribution in [3.8, 4) is 0 Å². The van der Waals surface area contributed by atoms with Crippen LogP contribution in [-0.2, 0) is 11.2 Å². The molecule has 6 nitrogen and oxygen atoms in total. The van der Waals surface area contributed by atoms with Crippen molar-refractivity contribution in [1.29, 1.82) is 0 Å². The molecule has 1 aliphatic rings. The van der Waals surface area contributed by atoms with Crippen LogP contribution in [0.2, 0.25) is 0 Å². The molecule has 0 unspecified atom stereocenters. The molecule has 1 aromatic heterocycles. The van der Waals surface area contributed by atoms with Gasteiger partial charge >= 0.3 is 0 Å². The van der Waals surface area contributed by atoms with E-state index in [1.807, 2.05) is 6.92 Å². The van der Waals surface area contributed by atoms with Gasteiger partial charge in [-0.15, -0.1) is 11.3 Å². The quantitative estimate of drug-likeness (QED) is 0.816. The van der Waals surface area contributed by atoms with Gasteiger partial charge in [-0.1, -0.05) is 6.07 Å². The Labute approximate surface area is 157 Å². The molecular weight excluding hydrogens is 348 g/mol. The molecule has 2 heterocycles. The number of nitrogens with zero attached hydrogens (tertiary/aromatic N) is 2. The summed E-state index contributed by atoms with van der Waals surface area (Å²) in [5, 5.41) is 6.61. The Morgan fingerprint density at radius 3 is 2.58 bits per heavy atom. The summed E-state index contributed by atoms with van der Waals surface area (Å²) in [5.41, 5.74) is 2.07. The SMILES string of the molecule is CC(=O)Nc1cccc(NC(=O)c2sc(CCN3CCCC3)nc2C)c1. The highest BCUT2D eigenvalue weighted by Gasteiger charge is 2.17. The van der Waals surface area contributed by atoms with E-state index < -0.39 is 0 Å². The highest BCUT2D eigenvalue weighted by atomic mass is 32.1. The van der Waals surface area contributed by atoms with Crippen LogP contribution in [0.25, 0.3) is 0 Å². The van der Waals surface area contributed by atoms with Crippen LogP contribution in [-0.4, -0.2) is 41.3 Å². The summed E-state index contributed by atoms with van der Waals surface area (Å²) in [6, 6.07) is 7.12. The lowest BCUT2D eigenvalue weighted by molar-refractivity contribution is -0.114. The summed E-state index contributed by atoms with van der Waals surface area (Å²) in [6.45, 7) is 6.67. The number of hydrogen-bond donors (Lipinski definition) is 2. The van der Waals surface area contributed by atoms with Gasteiger partial charge in [0, 0.05) is 31.3 Å². The predicted octanol–water partition coefficient (Wildman–Crippen LogP) is 3.30. The first-order valence-electron chi connectivity index (χ1n) is 8.89. The van der Waals surface area contributed by atoms with Gasteiger partial charge in [0.05, 0.1) is 10.7 Å². The maximum atomic E-state index is 12.6. The van der Waals surface area contributed by atoms with Crippen molar-refractivity contribution in [1.82, 2.24) is 9.88 Å². The van der Waals surface area contributed by atoms with Gasteiger partial charge in [0.1, 0.15) is 4.88 Å². The van der Waals surface area contributed by atoms with E-state index in [0.717, 1.165) is 23.7 Å². The summed E-state index contributed by atoms with van der Waals surface area (Å²) in [5.74, 6) is -0.304. The monoisotopic (exact) mass is 372 g/mol. The van der Waals surface area contributed by atoms with Crippen molar-refractivity contribution in [2.45, 2.75) is 33.1 Å². The second kappa shape index (κ2) is 8.42. The van der Waals surface area contributed by atoms with E-state index in [2.05, 4.69) is 20.5 Å². The Bertz CT molecular complexity index is 797. The number of aryl methyl sites for hydroxylation is 1. The van der Waals surface area contributed by atoms with E-state index in [4.69, 9.17) is 0 Å². The molecule has 0 atom stereocenters. The lowest BCUT2D eigenvalue weighted by Crippen LogP contribution is -2.21. The molecule has 1 aliphatic heterocycles. The first-order chi connectivity index (χ1) is 12.5. The third-order valence-corrected chi connectivity index (χ3v) is 5.54. The third kappa shape index (κ3) is 4.89. The molecule has 2 aromatic rings. The molecule has 0 bridgehead atoms. The lowest BCUT2D eigenvalue weighted by atomic mass is 10.2. The molecular formula is C19H24N4O2S. The van der Waals surface area contributed by atoms with Gasteiger partial charge in [-0.05, 0) is 51.1 Å². The summed E-state index contributed by atoms with van der Waals surface area (Å²) in [6.07, 6.45) is 3.45.